The molecular weight excluding hydrogens is 374 g/mol. The molecule has 1 heterocycles. The third-order valence-electron chi connectivity index (χ3n) is 3.83. The molecule has 0 radical (unpaired) electrons. The Balaban J connectivity index is 2.23. The highest BCUT2D eigenvalue weighted by atomic mass is 35.5. The summed E-state index contributed by atoms with van der Waals surface area (Å²) >= 11 is 6.10. The molecule has 0 saturated carbocycles. The maximum atomic E-state index is 12.4. The molecule has 2 rings (SSSR count). The molecule has 144 valence electrons. The number of carbonyl (C=O) groups excluding carboxylic acids is 3. The van der Waals surface area contributed by atoms with Crippen molar-refractivity contribution in [3.63, 3.8) is 0 Å². The zero-order valence-corrected chi connectivity index (χ0v) is 15.9. The van der Waals surface area contributed by atoms with Crippen LogP contribution in [0, 0.1) is 13.8 Å². The molecular formula is C18H20ClN3O5. The van der Waals surface area contributed by atoms with E-state index in [0.29, 0.717) is 27.7 Å². The van der Waals surface area contributed by atoms with Crippen molar-refractivity contribution in [2.75, 3.05) is 20.3 Å². The van der Waals surface area contributed by atoms with Crippen LogP contribution in [0.5, 0.6) is 5.75 Å². The summed E-state index contributed by atoms with van der Waals surface area (Å²) in [6, 6.07) is 6.82. The van der Waals surface area contributed by atoms with E-state index in [1.165, 1.54) is 0 Å². The molecule has 1 aromatic carbocycles. The lowest BCUT2D eigenvalue weighted by Crippen LogP contribution is -2.36. The molecule has 0 bridgehead atoms. The summed E-state index contributed by atoms with van der Waals surface area (Å²) < 4.78 is 12.2. The molecule has 27 heavy (non-hydrogen) atoms. The molecule has 9 heteroatoms. The van der Waals surface area contributed by atoms with Gasteiger partial charge >= 0.3 is 5.97 Å². The molecule has 0 fully saturated rings. The van der Waals surface area contributed by atoms with Crippen LogP contribution in [0.2, 0.25) is 5.02 Å². The number of aromatic nitrogens is 1. The Bertz CT molecular complexity index is 891. The number of nitrogens with one attached hydrogen (secondary N) is 1. The number of rotatable bonds is 7. The Morgan fingerprint density at radius 1 is 1.22 bits per heavy atom. The van der Waals surface area contributed by atoms with Gasteiger partial charge in [-0.2, -0.15) is 0 Å². The Kier molecular flexibility index (Phi) is 6.46. The van der Waals surface area contributed by atoms with Crippen LogP contribution in [0.1, 0.15) is 21.7 Å². The van der Waals surface area contributed by atoms with Gasteiger partial charge in [0, 0.05) is 16.4 Å². The van der Waals surface area contributed by atoms with Gasteiger partial charge in [-0.15, -0.1) is 0 Å². The Labute approximate surface area is 161 Å². The van der Waals surface area contributed by atoms with E-state index in [1.54, 1.807) is 38.3 Å². The molecule has 0 saturated heterocycles. The summed E-state index contributed by atoms with van der Waals surface area (Å²) in [7, 11) is 1.54. The van der Waals surface area contributed by atoms with E-state index < -0.39 is 24.4 Å². The van der Waals surface area contributed by atoms with Crippen molar-refractivity contribution in [3.05, 3.63) is 46.2 Å². The van der Waals surface area contributed by atoms with Gasteiger partial charge in [0.2, 0.25) is 5.91 Å². The van der Waals surface area contributed by atoms with Crippen LogP contribution in [0.25, 0.3) is 5.69 Å². The first-order chi connectivity index (χ1) is 12.7. The number of benzene rings is 1. The number of nitrogens with zero attached hydrogens (tertiary/aromatic N) is 1. The highest BCUT2D eigenvalue weighted by molar-refractivity contribution is 6.30. The summed E-state index contributed by atoms with van der Waals surface area (Å²) in [6.45, 7) is 2.73. The first-order valence-corrected chi connectivity index (χ1v) is 8.37. The van der Waals surface area contributed by atoms with Gasteiger partial charge in [-0.1, -0.05) is 11.6 Å². The summed E-state index contributed by atoms with van der Waals surface area (Å²) in [5.74, 6) is -1.38. The number of hydrogen-bond donors (Lipinski definition) is 2. The smallest absolute Gasteiger partial charge is 0.340 e. The van der Waals surface area contributed by atoms with Gasteiger partial charge in [-0.05, 0) is 38.1 Å². The lowest BCUT2D eigenvalue weighted by Gasteiger charge is -2.14. The summed E-state index contributed by atoms with van der Waals surface area (Å²) in [4.78, 5) is 34.5. The molecule has 0 atom stereocenters. The predicted octanol–water partition coefficient (Wildman–Crippen LogP) is 1.51. The fourth-order valence-corrected chi connectivity index (χ4v) is 2.79. The fraction of sp³-hybridized carbons (Fsp3) is 0.278. The third-order valence-corrected chi connectivity index (χ3v) is 4.06. The number of esters is 1. The van der Waals surface area contributed by atoms with Crippen molar-refractivity contribution in [2.24, 2.45) is 5.73 Å². The molecule has 8 nitrogen and oxygen atoms in total. The molecule has 0 unspecified atom stereocenters. The number of primary amides is 1. The summed E-state index contributed by atoms with van der Waals surface area (Å²) in [5.41, 5.74) is 7.28. The highest BCUT2D eigenvalue weighted by Crippen LogP contribution is 2.30. The number of nitrogens with two attached hydrogens (primary N) is 1. The minimum Gasteiger partial charge on any atom is -0.495 e. The largest absolute Gasteiger partial charge is 0.495 e. The number of carbonyl (C=O) groups is 3. The maximum Gasteiger partial charge on any atom is 0.340 e. The van der Waals surface area contributed by atoms with Crippen LogP contribution < -0.4 is 15.8 Å². The Morgan fingerprint density at radius 3 is 2.56 bits per heavy atom. The van der Waals surface area contributed by atoms with Crippen molar-refractivity contribution in [2.45, 2.75) is 13.8 Å². The fourth-order valence-electron chi connectivity index (χ4n) is 2.62. The van der Waals surface area contributed by atoms with Crippen molar-refractivity contribution in [3.8, 4) is 11.4 Å². The lowest BCUT2D eigenvalue weighted by atomic mass is 10.2. The average molecular weight is 394 g/mol. The normalized spacial score (nSPS) is 10.4. The van der Waals surface area contributed by atoms with Crippen LogP contribution in [-0.2, 0) is 14.3 Å². The van der Waals surface area contributed by atoms with Gasteiger partial charge < -0.3 is 25.1 Å². The van der Waals surface area contributed by atoms with E-state index in [9.17, 15) is 14.4 Å². The van der Waals surface area contributed by atoms with Crippen LogP contribution in [0.4, 0.5) is 0 Å². The van der Waals surface area contributed by atoms with Gasteiger partial charge in [0.1, 0.15) is 5.75 Å². The quantitative estimate of drug-likeness (QED) is 0.692. The van der Waals surface area contributed by atoms with E-state index in [0.717, 1.165) is 5.69 Å². The molecule has 0 aliphatic rings. The van der Waals surface area contributed by atoms with Crippen LogP contribution >= 0.6 is 11.6 Å². The van der Waals surface area contributed by atoms with Gasteiger partial charge in [0.15, 0.2) is 6.61 Å². The molecule has 1 aromatic heterocycles. The molecule has 3 N–H and O–H groups in total. The lowest BCUT2D eigenvalue weighted by molar-refractivity contribution is -0.127. The number of amides is 2. The molecule has 2 amide bonds. The van der Waals surface area contributed by atoms with E-state index in [2.05, 4.69) is 5.32 Å². The first kappa shape index (κ1) is 20.3. The van der Waals surface area contributed by atoms with E-state index in [4.69, 9.17) is 26.8 Å². The predicted molar refractivity (Wildman–Crippen MR) is 99.3 cm³/mol. The Hall–Kier alpha value is -3.00. The second kappa shape index (κ2) is 8.59. The third kappa shape index (κ3) is 4.79. The molecule has 2 aromatic rings. The number of ether oxygens (including phenoxy) is 2. The van der Waals surface area contributed by atoms with Crippen LogP contribution in [0.15, 0.2) is 24.3 Å². The van der Waals surface area contributed by atoms with Gasteiger partial charge in [0.05, 0.1) is 24.9 Å². The number of aryl methyl sites for hydroxylation is 1. The van der Waals surface area contributed by atoms with Crippen molar-refractivity contribution >= 4 is 29.4 Å². The van der Waals surface area contributed by atoms with Crippen LogP contribution in [-0.4, -0.2) is 42.6 Å². The first-order valence-electron chi connectivity index (χ1n) is 7.99. The van der Waals surface area contributed by atoms with E-state index in [1.807, 2.05) is 11.5 Å². The maximum absolute atomic E-state index is 12.4. The van der Waals surface area contributed by atoms with E-state index >= 15 is 0 Å². The number of halogens is 1. The SMILES string of the molecule is COc1ccc(Cl)cc1-n1c(C)cc(C(=O)OCC(=O)NCC(N)=O)c1C. The standard InChI is InChI=1S/C18H20ClN3O5/c1-10-6-13(18(25)27-9-17(24)21-8-16(20)23)11(2)22(10)14-7-12(19)4-5-15(14)26-3/h4-7H,8-9H2,1-3H3,(H2,20,23)(H,21,24). The topological polar surface area (TPSA) is 113 Å². The molecule has 0 spiro atoms. The van der Waals surface area contributed by atoms with Gasteiger partial charge in [-0.25, -0.2) is 4.79 Å². The zero-order valence-electron chi connectivity index (χ0n) is 15.2. The monoisotopic (exact) mass is 393 g/mol. The number of methoxy groups -OCH3 is 1. The van der Waals surface area contributed by atoms with Crippen molar-refractivity contribution in [1.29, 1.82) is 0 Å². The summed E-state index contributed by atoms with van der Waals surface area (Å²) in [6.07, 6.45) is 0. The van der Waals surface area contributed by atoms with Crippen molar-refractivity contribution < 1.29 is 23.9 Å². The second-order valence-corrected chi connectivity index (χ2v) is 6.19. The van der Waals surface area contributed by atoms with Gasteiger partial charge in [-0.3, -0.25) is 9.59 Å². The number of hydrogen-bond acceptors (Lipinski definition) is 5. The minimum atomic E-state index is -0.686. The Morgan fingerprint density at radius 2 is 1.93 bits per heavy atom. The van der Waals surface area contributed by atoms with Crippen molar-refractivity contribution in [1.82, 2.24) is 9.88 Å². The second-order valence-electron chi connectivity index (χ2n) is 5.76. The zero-order chi connectivity index (χ0) is 20.1. The highest BCUT2D eigenvalue weighted by Gasteiger charge is 2.20. The summed E-state index contributed by atoms with van der Waals surface area (Å²) in [5, 5.41) is 2.76. The van der Waals surface area contributed by atoms with Gasteiger partial charge in [0.25, 0.3) is 5.91 Å². The van der Waals surface area contributed by atoms with Crippen LogP contribution in [0.3, 0.4) is 0 Å². The average Bonchev–Trinajstić information content (AvgIpc) is 2.92. The van der Waals surface area contributed by atoms with E-state index in [-0.39, 0.29) is 6.54 Å². The molecule has 0 aliphatic carbocycles. The molecule has 0 aliphatic heterocycles. The minimum absolute atomic E-state index is 0.303.